The van der Waals surface area contributed by atoms with Gasteiger partial charge in [-0.05, 0) is 26.2 Å². The number of unbranched alkanes of at least 4 members (excludes halogenated alkanes) is 14. The van der Waals surface area contributed by atoms with Crippen molar-refractivity contribution >= 4 is 5.95 Å². The molecule has 0 unspecified atom stereocenters. The molecule has 168 valence electrons. The van der Waals surface area contributed by atoms with E-state index < -0.39 is 0 Å². The zero-order valence-electron chi connectivity index (χ0n) is 19.6. The SMILES string of the molecule is CCCCCCCCCCCCCCCCc1nc(N)nc(C)c1OCCCC. The molecule has 2 N–H and O–H groups in total. The quantitative estimate of drug-likeness (QED) is 0.241. The fraction of sp³-hybridized carbons (Fsp3) is 0.840. The van der Waals surface area contributed by atoms with Gasteiger partial charge >= 0.3 is 0 Å². The van der Waals surface area contributed by atoms with Crippen LogP contribution >= 0.6 is 0 Å². The predicted octanol–water partition coefficient (Wildman–Crippen LogP) is 7.57. The minimum Gasteiger partial charge on any atom is -0.490 e. The lowest BCUT2D eigenvalue weighted by Crippen LogP contribution is -2.08. The molecule has 0 aliphatic carbocycles. The highest BCUT2D eigenvalue weighted by molar-refractivity contribution is 5.37. The molecule has 0 atom stereocenters. The zero-order chi connectivity index (χ0) is 21.2. The van der Waals surface area contributed by atoms with E-state index in [1.807, 2.05) is 6.92 Å². The first-order valence-corrected chi connectivity index (χ1v) is 12.4. The van der Waals surface area contributed by atoms with Crippen molar-refractivity contribution in [2.24, 2.45) is 0 Å². The molecule has 1 aromatic rings. The van der Waals surface area contributed by atoms with Crippen LogP contribution in [0.4, 0.5) is 5.95 Å². The number of hydrogen-bond donors (Lipinski definition) is 1. The van der Waals surface area contributed by atoms with Gasteiger partial charge in [-0.15, -0.1) is 0 Å². The first-order valence-electron chi connectivity index (χ1n) is 12.4. The summed E-state index contributed by atoms with van der Waals surface area (Å²) in [4.78, 5) is 8.73. The van der Waals surface area contributed by atoms with Crippen molar-refractivity contribution in [3.63, 3.8) is 0 Å². The van der Waals surface area contributed by atoms with Crippen molar-refractivity contribution in [1.82, 2.24) is 9.97 Å². The molecule has 0 saturated carbocycles. The van der Waals surface area contributed by atoms with E-state index in [0.717, 1.165) is 49.4 Å². The van der Waals surface area contributed by atoms with Crippen molar-refractivity contribution < 1.29 is 4.74 Å². The van der Waals surface area contributed by atoms with Gasteiger partial charge < -0.3 is 10.5 Å². The molecule has 4 nitrogen and oxygen atoms in total. The molecule has 0 radical (unpaired) electrons. The Labute approximate surface area is 180 Å². The Morgan fingerprint density at radius 1 is 0.655 bits per heavy atom. The molecule has 0 bridgehead atoms. The van der Waals surface area contributed by atoms with Gasteiger partial charge in [0.15, 0.2) is 5.75 Å². The maximum Gasteiger partial charge on any atom is 0.220 e. The Morgan fingerprint density at radius 2 is 1.14 bits per heavy atom. The largest absolute Gasteiger partial charge is 0.490 e. The lowest BCUT2D eigenvalue weighted by molar-refractivity contribution is 0.300. The van der Waals surface area contributed by atoms with E-state index in [1.165, 1.54) is 83.5 Å². The first kappa shape index (κ1) is 25.7. The molecule has 1 rings (SSSR count). The number of anilines is 1. The molecule has 0 spiro atoms. The molecule has 1 aromatic heterocycles. The fourth-order valence-electron chi connectivity index (χ4n) is 3.81. The Kier molecular flexibility index (Phi) is 15.5. The molecule has 0 aromatic carbocycles. The summed E-state index contributed by atoms with van der Waals surface area (Å²) in [7, 11) is 0. The molecule has 0 aliphatic rings. The van der Waals surface area contributed by atoms with Gasteiger partial charge in [0.1, 0.15) is 0 Å². The van der Waals surface area contributed by atoms with Crippen molar-refractivity contribution in [3.05, 3.63) is 11.4 Å². The number of ether oxygens (including phenoxy) is 1. The standard InChI is InChI=1S/C25H47N3O/c1-4-6-8-9-10-11-12-13-14-15-16-17-18-19-20-23-24(29-21-7-5-2)22(3)27-25(26)28-23/h4-21H2,1-3H3,(H2,26,27,28). The molecule has 0 fully saturated rings. The van der Waals surface area contributed by atoms with Gasteiger partial charge in [-0.1, -0.05) is 104 Å². The van der Waals surface area contributed by atoms with Crippen LogP contribution in [0.5, 0.6) is 5.75 Å². The van der Waals surface area contributed by atoms with Gasteiger partial charge in [0.25, 0.3) is 0 Å². The van der Waals surface area contributed by atoms with Crippen LogP contribution in [0.25, 0.3) is 0 Å². The second-order valence-electron chi connectivity index (χ2n) is 8.49. The minimum absolute atomic E-state index is 0.366. The van der Waals surface area contributed by atoms with Crippen LogP contribution < -0.4 is 10.5 Å². The molecule has 29 heavy (non-hydrogen) atoms. The first-order chi connectivity index (χ1) is 14.2. The van der Waals surface area contributed by atoms with Crippen molar-refractivity contribution in [1.29, 1.82) is 0 Å². The van der Waals surface area contributed by atoms with E-state index in [1.54, 1.807) is 0 Å². The number of nitrogens with zero attached hydrogens (tertiary/aromatic N) is 2. The lowest BCUT2D eigenvalue weighted by atomic mass is 10.0. The summed E-state index contributed by atoms with van der Waals surface area (Å²) in [6.07, 6.45) is 22.4. The van der Waals surface area contributed by atoms with Gasteiger partial charge in [-0.25, -0.2) is 9.97 Å². The van der Waals surface area contributed by atoms with Crippen LogP contribution in [0.3, 0.4) is 0 Å². The number of aryl methyl sites for hydroxylation is 2. The molecular weight excluding hydrogens is 358 g/mol. The summed E-state index contributed by atoms with van der Waals surface area (Å²) >= 11 is 0. The van der Waals surface area contributed by atoms with E-state index >= 15 is 0 Å². The predicted molar refractivity (Wildman–Crippen MR) is 126 cm³/mol. The number of nitrogens with two attached hydrogens (primary N) is 1. The van der Waals surface area contributed by atoms with Crippen LogP contribution in [0.2, 0.25) is 0 Å². The van der Waals surface area contributed by atoms with Gasteiger partial charge in [0.2, 0.25) is 5.95 Å². The van der Waals surface area contributed by atoms with Crippen LogP contribution in [-0.4, -0.2) is 16.6 Å². The molecule has 0 amide bonds. The van der Waals surface area contributed by atoms with E-state index in [-0.39, 0.29) is 0 Å². The summed E-state index contributed by atoms with van der Waals surface area (Å²) in [6, 6.07) is 0. The zero-order valence-corrected chi connectivity index (χ0v) is 19.6. The van der Waals surface area contributed by atoms with Crippen LogP contribution in [0.15, 0.2) is 0 Å². The minimum atomic E-state index is 0.366. The number of nitrogen functional groups attached to an aromatic ring is 1. The maximum absolute atomic E-state index is 5.95. The maximum atomic E-state index is 5.95. The van der Waals surface area contributed by atoms with Crippen LogP contribution in [-0.2, 0) is 6.42 Å². The highest BCUT2D eigenvalue weighted by Gasteiger charge is 2.12. The van der Waals surface area contributed by atoms with Crippen molar-refractivity contribution in [2.45, 2.75) is 130 Å². The third-order valence-electron chi connectivity index (χ3n) is 5.63. The van der Waals surface area contributed by atoms with E-state index in [9.17, 15) is 0 Å². The third-order valence-corrected chi connectivity index (χ3v) is 5.63. The van der Waals surface area contributed by atoms with E-state index in [0.29, 0.717) is 5.95 Å². The Hall–Kier alpha value is -1.32. The molecule has 4 heteroatoms. The van der Waals surface area contributed by atoms with Crippen molar-refractivity contribution in [2.75, 3.05) is 12.3 Å². The monoisotopic (exact) mass is 405 g/mol. The average Bonchev–Trinajstić information content (AvgIpc) is 2.70. The molecule has 0 saturated heterocycles. The smallest absolute Gasteiger partial charge is 0.220 e. The van der Waals surface area contributed by atoms with Gasteiger partial charge in [0, 0.05) is 0 Å². The summed E-state index contributed by atoms with van der Waals surface area (Å²) in [5.41, 5.74) is 7.72. The third kappa shape index (κ3) is 12.8. The van der Waals surface area contributed by atoms with E-state index in [2.05, 4.69) is 23.8 Å². The highest BCUT2D eigenvalue weighted by atomic mass is 16.5. The van der Waals surface area contributed by atoms with Gasteiger partial charge in [-0.3, -0.25) is 0 Å². The van der Waals surface area contributed by atoms with Gasteiger partial charge in [-0.2, -0.15) is 0 Å². The Bertz CT molecular complexity index is 519. The van der Waals surface area contributed by atoms with Crippen LogP contribution in [0.1, 0.15) is 128 Å². The topological polar surface area (TPSA) is 61.0 Å². The number of hydrogen-bond acceptors (Lipinski definition) is 4. The summed E-state index contributed by atoms with van der Waals surface area (Å²) < 4.78 is 5.95. The van der Waals surface area contributed by atoms with Crippen LogP contribution in [0, 0.1) is 6.92 Å². The number of aromatic nitrogens is 2. The summed E-state index contributed by atoms with van der Waals surface area (Å²) in [6.45, 7) is 7.16. The summed E-state index contributed by atoms with van der Waals surface area (Å²) in [5, 5.41) is 0. The molecular formula is C25H47N3O. The second kappa shape index (κ2) is 17.5. The second-order valence-corrected chi connectivity index (χ2v) is 8.49. The normalized spacial score (nSPS) is 11.1. The summed E-state index contributed by atoms with van der Waals surface area (Å²) in [5.74, 6) is 1.23. The number of rotatable bonds is 19. The van der Waals surface area contributed by atoms with Crippen molar-refractivity contribution in [3.8, 4) is 5.75 Å². The van der Waals surface area contributed by atoms with Gasteiger partial charge in [0.05, 0.1) is 18.0 Å². The Morgan fingerprint density at radius 3 is 1.66 bits per heavy atom. The average molecular weight is 406 g/mol. The lowest BCUT2D eigenvalue weighted by Gasteiger charge is -2.13. The highest BCUT2D eigenvalue weighted by Crippen LogP contribution is 2.24. The van der Waals surface area contributed by atoms with E-state index in [4.69, 9.17) is 10.5 Å². The fourth-order valence-corrected chi connectivity index (χ4v) is 3.81. The Balaban J connectivity index is 2.08. The molecule has 1 heterocycles. The molecule has 0 aliphatic heterocycles.